The van der Waals surface area contributed by atoms with Crippen LogP contribution < -0.4 is 5.32 Å². The van der Waals surface area contributed by atoms with E-state index in [2.05, 4.69) is 22.4 Å². The second-order valence-electron chi connectivity index (χ2n) is 3.13. The van der Waals surface area contributed by atoms with E-state index in [0.717, 1.165) is 12.2 Å². The molecule has 0 aliphatic heterocycles. The van der Waals surface area contributed by atoms with Gasteiger partial charge in [0.2, 0.25) is 0 Å². The molecule has 0 amide bonds. The summed E-state index contributed by atoms with van der Waals surface area (Å²) >= 11 is 0. The van der Waals surface area contributed by atoms with Crippen LogP contribution in [0, 0.1) is 6.92 Å². The van der Waals surface area contributed by atoms with Gasteiger partial charge in [0.05, 0.1) is 5.69 Å². The number of aromatic nitrogens is 1. The van der Waals surface area contributed by atoms with Crippen molar-refractivity contribution in [2.24, 2.45) is 0 Å². The minimum atomic E-state index is 0.575. The standard InChI is InChI=1S/C11H12N2O/c1-9-8-14-11(13-9)12-7-10-5-3-2-4-6-10/h2-6,8H,7H2,1H3,(H,12,13). The molecule has 0 unspecified atom stereocenters. The molecule has 0 saturated carbocycles. The van der Waals surface area contributed by atoms with Crippen LogP contribution in [0.15, 0.2) is 41.0 Å². The van der Waals surface area contributed by atoms with Gasteiger partial charge in [-0.1, -0.05) is 30.3 Å². The third-order valence-electron chi connectivity index (χ3n) is 1.91. The summed E-state index contributed by atoms with van der Waals surface area (Å²) in [5.74, 6) is 0. The maximum atomic E-state index is 5.16. The Bertz CT molecular complexity index is 395. The molecule has 14 heavy (non-hydrogen) atoms. The summed E-state index contributed by atoms with van der Waals surface area (Å²) in [5.41, 5.74) is 2.10. The van der Waals surface area contributed by atoms with E-state index in [1.165, 1.54) is 5.56 Å². The lowest BCUT2D eigenvalue weighted by molar-refractivity contribution is 0.570. The van der Waals surface area contributed by atoms with Gasteiger partial charge in [0.25, 0.3) is 6.01 Å². The van der Waals surface area contributed by atoms with Crippen molar-refractivity contribution < 1.29 is 4.42 Å². The molecule has 1 aromatic carbocycles. The highest BCUT2D eigenvalue weighted by Crippen LogP contribution is 2.08. The third kappa shape index (κ3) is 2.13. The maximum absolute atomic E-state index is 5.16. The van der Waals surface area contributed by atoms with Crippen molar-refractivity contribution in [2.75, 3.05) is 5.32 Å². The van der Waals surface area contributed by atoms with Gasteiger partial charge in [0.15, 0.2) is 0 Å². The zero-order valence-corrected chi connectivity index (χ0v) is 8.03. The molecule has 1 aromatic heterocycles. The molecule has 2 rings (SSSR count). The fourth-order valence-corrected chi connectivity index (χ4v) is 1.21. The number of benzene rings is 1. The van der Waals surface area contributed by atoms with Gasteiger partial charge in [-0.2, -0.15) is 4.98 Å². The number of anilines is 1. The quantitative estimate of drug-likeness (QED) is 0.804. The van der Waals surface area contributed by atoms with Gasteiger partial charge in [-0.05, 0) is 12.5 Å². The molecule has 72 valence electrons. The van der Waals surface area contributed by atoms with Crippen molar-refractivity contribution in [3.63, 3.8) is 0 Å². The van der Waals surface area contributed by atoms with Crippen molar-refractivity contribution >= 4 is 6.01 Å². The van der Waals surface area contributed by atoms with Gasteiger partial charge in [-0.3, -0.25) is 0 Å². The first kappa shape index (κ1) is 8.81. The Morgan fingerprint density at radius 3 is 2.71 bits per heavy atom. The van der Waals surface area contributed by atoms with E-state index in [-0.39, 0.29) is 0 Å². The second-order valence-corrected chi connectivity index (χ2v) is 3.13. The lowest BCUT2D eigenvalue weighted by Crippen LogP contribution is -1.98. The first-order valence-electron chi connectivity index (χ1n) is 4.54. The number of hydrogen-bond donors (Lipinski definition) is 1. The molecule has 0 fully saturated rings. The van der Waals surface area contributed by atoms with Crippen molar-refractivity contribution in [1.82, 2.24) is 4.98 Å². The largest absolute Gasteiger partial charge is 0.432 e. The van der Waals surface area contributed by atoms with Gasteiger partial charge >= 0.3 is 0 Å². The highest BCUT2D eigenvalue weighted by molar-refractivity contribution is 5.25. The molecule has 0 bridgehead atoms. The molecule has 0 radical (unpaired) electrons. The number of hydrogen-bond acceptors (Lipinski definition) is 3. The second kappa shape index (κ2) is 3.96. The normalized spacial score (nSPS) is 10.1. The number of nitrogens with zero attached hydrogens (tertiary/aromatic N) is 1. The molecule has 3 heteroatoms. The lowest BCUT2D eigenvalue weighted by atomic mass is 10.2. The Morgan fingerprint density at radius 1 is 1.29 bits per heavy atom. The van der Waals surface area contributed by atoms with Crippen LogP contribution in [-0.2, 0) is 6.54 Å². The van der Waals surface area contributed by atoms with E-state index in [1.807, 2.05) is 25.1 Å². The van der Waals surface area contributed by atoms with Crippen molar-refractivity contribution in [1.29, 1.82) is 0 Å². The summed E-state index contributed by atoms with van der Waals surface area (Å²) in [6, 6.07) is 10.7. The molecule has 0 aliphatic rings. The number of aryl methyl sites for hydroxylation is 1. The van der Waals surface area contributed by atoms with E-state index in [9.17, 15) is 0 Å². The summed E-state index contributed by atoms with van der Waals surface area (Å²) in [6.07, 6.45) is 1.63. The Balaban J connectivity index is 1.95. The predicted molar refractivity (Wildman–Crippen MR) is 55.0 cm³/mol. The van der Waals surface area contributed by atoms with E-state index >= 15 is 0 Å². The van der Waals surface area contributed by atoms with E-state index in [4.69, 9.17) is 4.42 Å². The van der Waals surface area contributed by atoms with E-state index in [0.29, 0.717) is 6.01 Å². The SMILES string of the molecule is Cc1coc(NCc2ccccc2)n1. The molecule has 3 nitrogen and oxygen atoms in total. The highest BCUT2D eigenvalue weighted by atomic mass is 16.4. The topological polar surface area (TPSA) is 38.1 Å². The van der Waals surface area contributed by atoms with Gasteiger partial charge in [-0.25, -0.2) is 0 Å². The minimum Gasteiger partial charge on any atom is -0.432 e. The van der Waals surface area contributed by atoms with Crippen molar-refractivity contribution in [2.45, 2.75) is 13.5 Å². The molecular formula is C11H12N2O. The van der Waals surface area contributed by atoms with Crippen LogP contribution in [0.5, 0.6) is 0 Å². The fraction of sp³-hybridized carbons (Fsp3) is 0.182. The smallest absolute Gasteiger partial charge is 0.294 e. The third-order valence-corrected chi connectivity index (χ3v) is 1.91. The Hall–Kier alpha value is -1.77. The molecule has 1 heterocycles. The summed E-state index contributed by atoms with van der Waals surface area (Å²) in [5, 5.41) is 3.10. The van der Waals surface area contributed by atoms with Crippen LogP contribution in [0.1, 0.15) is 11.3 Å². The first-order valence-corrected chi connectivity index (χ1v) is 4.54. The van der Waals surface area contributed by atoms with Gasteiger partial charge in [0, 0.05) is 6.54 Å². The molecule has 2 aromatic rings. The fourth-order valence-electron chi connectivity index (χ4n) is 1.21. The van der Waals surface area contributed by atoms with Crippen LogP contribution in [0.3, 0.4) is 0 Å². The molecule has 0 aliphatic carbocycles. The number of rotatable bonds is 3. The molecular weight excluding hydrogens is 176 g/mol. The van der Waals surface area contributed by atoms with Crippen molar-refractivity contribution in [3.05, 3.63) is 47.9 Å². The van der Waals surface area contributed by atoms with Crippen molar-refractivity contribution in [3.8, 4) is 0 Å². The zero-order chi connectivity index (χ0) is 9.80. The minimum absolute atomic E-state index is 0.575. The van der Waals surface area contributed by atoms with E-state index < -0.39 is 0 Å². The Labute approximate surface area is 82.8 Å². The van der Waals surface area contributed by atoms with Crippen LogP contribution in [-0.4, -0.2) is 4.98 Å². The van der Waals surface area contributed by atoms with Gasteiger partial charge in [0.1, 0.15) is 6.26 Å². The number of nitrogens with one attached hydrogen (secondary N) is 1. The van der Waals surface area contributed by atoms with Crippen LogP contribution in [0.2, 0.25) is 0 Å². The zero-order valence-electron chi connectivity index (χ0n) is 8.03. The average Bonchev–Trinajstić information content (AvgIpc) is 2.63. The molecule has 1 N–H and O–H groups in total. The molecule has 0 spiro atoms. The molecule has 0 saturated heterocycles. The predicted octanol–water partition coefficient (Wildman–Crippen LogP) is 2.60. The average molecular weight is 188 g/mol. The first-order chi connectivity index (χ1) is 6.84. The monoisotopic (exact) mass is 188 g/mol. The summed E-state index contributed by atoms with van der Waals surface area (Å²) in [7, 11) is 0. The Kier molecular flexibility index (Phi) is 2.49. The van der Waals surface area contributed by atoms with E-state index in [1.54, 1.807) is 6.26 Å². The van der Waals surface area contributed by atoms with Gasteiger partial charge in [-0.15, -0.1) is 0 Å². The van der Waals surface area contributed by atoms with Crippen LogP contribution in [0.25, 0.3) is 0 Å². The van der Waals surface area contributed by atoms with Crippen LogP contribution >= 0.6 is 0 Å². The summed E-state index contributed by atoms with van der Waals surface area (Å²) in [6.45, 7) is 2.64. The summed E-state index contributed by atoms with van der Waals surface area (Å²) < 4.78 is 5.16. The Morgan fingerprint density at radius 2 is 2.07 bits per heavy atom. The lowest BCUT2D eigenvalue weighted by Gasteiger charge is -2.00. The number of oxazole rings is 1. The van der Waals surface area contributed by atoms with Gasteiger partial charge < -0.3 is 9.73 Å². The molecule has 0 atom stereocenters. The van der Waals surface area contributed by atoms with Crippen LogP contribution in [0.4, 0.5) is 6.01 Å². The maximum Gasteiger partial charge on any atom is 0.294 e. The highest BCUT2D eigenvalue weighted by Gasteiger charge is 1.98. The summed E-state index contributed by atoms with van der Waals surface area (Å²) in [4.78, 5) is 4.15.